The van der Waals surface area contributed by atoms with Crippen molar-refractivity contribution in [3.8, 4) is 0 Å². The van der Waals surface area contributed by atoms with Crippen molar-refractivity contribution in [2.45, 2.75) is 65.8 Å². The molecule has 4 aliphatic rings. The van der Waals surface area contributed by atoms with Gasteiger partial charge in [0.05, 0.1) is 17.9 Å². The third kappa shape index (κ3) is 2.41. The zero-order chi connectivity index (χ0) is 22.4. The van der Waals surface area contributed by atoms with E-state index in [-0.39, 0.29) is 28.6 Å². The second-order valence-corrected chi connectivity index (χ2v) is 10.8. The second-order valence-electron chi connectivity index (χ2n) is 10.8. The molecule has 2 saturated carbocycles. The molecule has 0 aromatic rings. The van der Waals surface area contributed by atoms with E-state index in [9.17, 15) is 24.9 Å². The first-order valence-electron chi connectivity index (χ1n) is 11.0. The summed E-state index contributed by atoms with van der Waals surface area (Å²) in [6.07, 6.45) is 1.51. The number of rotatable bonds is 3. The minimum Gasteiger partial charge on any atom is -0.454 e. The highest BCUT2D eigenvalue weighted by atomic mass is 16.6. The van der Waals surface area contributed by atoms with Crippen molar-refractivity contribution in [2.24, 2.45) is 40.4 Å². The average molecular weight is 419 g/mol. The number of Topliss-reactive ketones (excluding diaryl/α,β-unsaturated/α-hetero) is 1. The van der Waals surface area contributed by atoms with Gasteiger partial charge in [-0.05, 0) is 47.7 Å². The number of hydrogen-bond acceptors (Lipinski definition) is 6. The molecule has 0 unspecified atom stereocenters. The summed E-state index contributed by atoms with van der Waals surface area (Å²) in [7, 11) is 0. The molecular formula is C24H34O6. The SMILES string of the molecule is CC1=C[C@@]23C(=O)[C@@H](C=C(CO)[C@@H](O)[C@]2(O)[C@H]1OC(=O)C(C)C)[C@H]1[C@@H](C[C@H]3C)C1(C)C. The van der Waals surface area contributed by atoms with Crippen LogP contribution in [0.5, 0.6) is 0 Å². The number of fused-ring (bicyclic) bond motifs is 3. The minimum atomic E-state index is -2.05. The highest BCUT2D eigenvalue weighted by Crippen LogP contribution is 2.71. The number of aliphatic hydroxyl groups is 3. The number of allylic oxidation sites excluding steroid dienone is 1. The van der Waals surface area contributed by atoms with Gasteiger partial charge in [0.2, 0.25) is 0 Å². The van der Waals surface area contributed by atoms with Crippen LogP contribution in [0.15, 0.2) is 23.3 Å². The summed E-state index contributed by atoms with van der Waals surface area (Å²) >= 11 is 0. The molecule has 0 radical (unpaired) electrons. The molecule has 0 saturated heterocycles. The lowest BCUT2D eigenvalue weighted by Crippen LogP contribution is -2.66. The molecule has 2 fully saturated rings. The molecule has 0 aromatic heterocycles. The third-order valence-corrected chi connectivity index (χ3v) is 8.60. The van der Waals surface area contributed by atoms with Crippen molar-refractivity contribution in [2.75, 3.05) is 6.61 Å². The largest absolute Gasteiger partial charge is 0.454 e. The highest BCUT2D eigenvalue weighted by Gasteiger charge is 2.76. The van der Waals surface area contributed by atoms with Gasteiger partial charge < -0.3 is 20.1 Å². The monoisotopic (exact) mass is 418 g/mol. The van der Waals surface area contributed by atoms with Gasteiger partial charge in [-0.25, -0.2) is 0 Å². The van der Waals surface area contributed by atoms with Crippen LogP contribution in [0.25, 0.3) is 0 Å². The molecular weight excluding hydrogens is 384 g/mol. The number of ether oxygens (including phenoxy) is 1. The van der Waals surface area contributed by atoms with E-state index >= 15 is 0 Å². The minimum absolute atomic E-state index is 0.0124. The fourth-order valence-corrected chi connectivity index (χ4v) is 6.85. The van der Waals surface area contributed by atoms with Crippen LogP contribution in [0, 0.1) is 40.4 Å². The lowest BCUT2D eigenvalue weighted by atomic mass is 9.59. The first-order chi connectivity index (χ1) is 13.9. The van der Waals surface area contributed by atoms with Crippen LogP contribution in [0.2, 0.25) is 0 Å². The Morgan fingerprint density at radius 3 is 2.53 bits per heavy atom. The molecule has 6 heteroatoms. The van der Waals surface area contributed by atoms with E-state index in [4.69, 9.17) is 4.74 Å². The molecule has 1 spiro atoms. The fourth-order valence-electron chi connectivity index (χ4n) is 6.85. The Bertz CT molecular complexity index is 854. The van der Waals surface area contributed by atoms with Crippen LogP contribution >= 0.6 is 0 Å². The molecule has 4 aliphatic carbocycles. The number of aliphatic hydroxyl groups excluding tert-OH is 2. The Labute approximate surface area is 178 Å². The first-order valence-corrected chi connectivity index (χ1v) is 11.0. The van der Waals surface area contributed by atoms with Crippen molar-refractivity contribution in [1.82, 2.24) is 0 Å². The van der Waals surface area contributed by atoms with Gasteiger partial charge in [-0.3, -0.25) is 9.59 Å². The van der Waals surface area contributed by atoms with Crippen LogP contribution in [0.1, 0.15) is 48.0 Å². The average Bonchev–Trinajstić information content (AvgIpc) is 3.16. The summed E-state index contributed by atoms with van der Waals surface area (Å²) in [5.41, 5.74) is -2.65. The third-order valence-electron chi connectivity index (χ3n) is 8.60. The molecule has 6 nitrogen and oxygen atoms in total. The van der Waals surface area contributed by atoms with Gasteiger partial charge in [0.25, 0.3) is 0 Å². The molecule has 30 heavy (non-hydrogen) atoms. The highest BCUT2D eigenvalue weighted by molar-refractivity contribution is 5.95. The number of esters is 1. The van der Waals surface area contributed by atoms with Gasteiger partial charge in [-0.15, -0.1) is 0 Å². The van der Waals surface area contributed by atoms with Gasteiger partial charge in [0, 0.05) is 5.92 Å². The number of ketones is 1. The summed E-state index contributed by atoms with van der Waals surface area (Å²) in [6.45, 7) is 10.9. The topological polar surface area (TPSA) is 104 Å². The lowest BCUT2D eigenvalue weighted by Gasteiger charge is -2.48. The van der Waals surface area contributed by atoms with Gasteiger partial charge in [-0.1, -0.05) is 46.8 Å². The van der Waals surface area contributed by atoms with Crippen molar-refractivity contribution < 1.29 is 29.6 Å². The van der Waals surface area contributed by atoms with Gasteiger partial charge in [0.1, 0.15) is 6.10 Å². The Hall–Kier alpha value is -1.50. The molecule has 4 rings (SSSR count). The zero-order valence-electron chi connectivity index (χ0n) is 18.7. The standard InChI is InChI=1S/C24H34O6/c1-11(2)21(28)30-20-12(3)9-23-13(4)7-16-17(22(16,5)6)15(19(23)27)8-14(10-25)18(26)24(20,23)29/h8-9,11,13,15-18,20,25-26,29H,7,10H2,1-6H3/t13-,15+,16-,17+,18-,20+,23-,24+/m1/s1. The van der Waals surface area contributed by atoms with E-state index in [2.05, 4.69) is 13.8 Å². The first kappa shape index (κ1) is 21.7. The molecule has 0 aromatic carbocycles. The summed E-state index contributed by atoms with van der Waals surface area (Å²) < 4.78 is 5.70. The molecule has 0 amide bonds. The normalized spacial score (nSPS) is 46.3. The van der Waals surface area contributed by atoms with Crippen molar-refractivity contribution in [3.63, 3.8) is 0 Å². The second kappa shape index (κ2) is 6.50. The predicted octanol–water partition coefficient (Wildman–Crippen LogP) is 2.02. The summed E-state index contributed by atoms with van der Waals surface area (Å²) in [4.78, 5) is 26.6. The van der Waals surface area contributed by atoms with Crippen LogP contribution in [-0.2, 0) is 14.3 Å². The smallest absolute Gasteiger partial charge is 0.309 e. The zero-order valence-corrected chi connectivity index (χ0v) is 18.7. The quantitative estimate of drug-likeness (QED) is 0.479. The van der Waals surface area contributed by atoms with Crippen molar-refractivity contribution >= 4 is 11.8 Å². The Morgan fingerprint density at radius 1 is 1.33 bits per heavy atom. The molecule has 8 atom stereocenters. The van der Waals surface area contributed by atoms with E-state index in [1.54, 1.807) is 32.9 Å². The van der Waals surface area contributed by atoms with Crippen LogP contribution in [0.3, 0.4) is 0 Å². The van der Waals surface area contributed by atoms with Crippen LogP contribution in [0.4, 0.5) is 0 Å². The van der Waals surface area contributed by atoms with Gasteiger partial charge >= 0.3 is 5.97 Å². The van der Waals surface area contributed by atoms with Crippen molar-refractivity contribution in [1.29, 1.82) is 0 Å². The van der Waals surface area contributed by atoms with E-state index in [0.29, 0.717) is 11.5 Å². The predicted molar refractivity (Wildman–Crippen MR) is 110 cm³/mol. The molecule has 0 heterocycles. The van der Waals surface area contributed by atoms with Crippen molar-refractivity contribution in [3.05, 3.63) is 23.3 Å². The maximum atomic E-state index is 14.1. The maximum absolute atomic E-state index is 14.1. The summed E-state index contributed by atoms with van der Waals surface area (Å²) in [5, 5.41) is 33.6. The summed E-state index contributed by atoms with van der Waals surface area (Å²) in [6, 6.07) is 0. The van der Waals surface area contributed by atoms with E-state index < -0.39 is 47.6 Å². The molecule has 166 valence electrons. The van der Waals surface area contributed by atoms with Gasteiger partial charge in [0.15, 0.2) is 17.5 Å². The van der Waals surface area contributed by atoms with E-state index in [1.165, 1.54) is 0 Å². The fraction of sp³-hybridized carbons (Fsp3) is 0.750. The van der Waals surface area contributed by atoms with E-state index in [1.807, 2.05) is 6.92 Å². The molecule has 0 aliphatic heterocycles. The maximum Gasteiger partial charge on any atom is 0.309 e. The molecule has 2 bridgehead atoms. The number of carbonyl (C=O) groups excluding carboxylic acids is 2. The van der Waals surface area contributed by atoms with Crippen LogP contribution < -0.4 is 0 Å². The number of hydrogen-bond donors (Lipinski definition) is 3. The lowest BCUT2D eigenvalue weighted by molar-refractivity contribution is -0.204. The Morgan fingerprint density at radius 2 is 1.97 bits per heavy atom. The Kier molecular flexibility index (Phi) is 4.71. The summed E-state index contributed by atoms with van der Waals surface area (Å²) in [5.74, 6) is -1.38. The van der Waals surface area contributed by atoms with Gasteiger partial charge in [-0.2, -0.15) is 0 Å². The Balaban J connectivity index is 1.92. The van der Waals surface area contributed by atoms with E-state index in [0.717, 1.165) is 6.42 Å². The molecule has 3 N–H and O–H groups in total. The van der Waals surface area contributed by atoms with Crippen LogP contribution in [-0.4, -0.2) is 51.5 Å². The number of carbonyl (C=O) groups is 2.